The number of thioether (sulfide) groups is 1. The highest BCUT2D eigenvalue weighted by atomic mass is 32.2. The van der Waals surface area contributed by atoms with E-state index < -0.39 is 17.8 Å². The summed E-state index contributed by atoms with van der Waals surface area (Å²) in [4.78, 5) is 39.5. The van der Waals surface area contributed by atoms with Gasteiger partial charge in [0.25, 0.3) is 11.8 Å². The van der Waals surface area contributed by atoms with E-state index >= 15 is 0 Å². The van der Waals surface area contributed by atoms with Gasteiger partial charge < -0.3 is 15.9 Å². The lowest BCUT2D eigenvalue weighted by atomic mass is 10.1. The van der Waals surface area contributed by atoms with Crippen molar-refractivity contribution in [1.29, 1.82) is 5.41 Å². The third-order valence-corrected chi connectivity index (χ3v) is 4.43. The van der Waals surface area contributed by atoms with Gasteiger partial charge in [0.2, 0.25) is 0 Å². The number of carbonyl (C=O) groups excluding carboxylic acids is 3. The number of nitrogens with zero attached hydrogens (tertiary/aromatic N) is 1. The second-order valence-corrected chi connectivity index (χ2v) is 6.54. The van der Waals surface area contributed by atoms with Crippen LogP contribution in [0.3, 0.4) is 0 Å². The lowest BCUT2D eigenvalue weighted by molar-refractivity contribution is -0.197. The summed E-state index contributed by atoms with van der Waals surface area (Å²) in [6.45, 7) is 0.637. The lowest BCUT2D eigenvalue weighted by Crippen LogP contribution is -2.32. The third-order valence-electron chi connectivity index (χ3n) is 3.40. The molecule has 1 aliphatic rings. The van der Waals surface area contributed by atoms with Crippen molar-refractivity contribution >= 4 is 35.5 Å². The Bertz CT molecular complexity index is 647. The summed E-state index contributed by atoms with van der Waals surface area (Å²) < 4.78 is 0. The summed E-state index contributed by atoms with van der Waals surface area (Å²) in [5, 5.41) is 10.3. The maximum atomic E-state index is 11.8. The fourth-order valence-electron chi connectivity index (χ4n) is 2.16. The highest BCUT2D eigenvalue weighted by Crippen LogP contribution is 2.15. The quantitative estimate of drug-likeness (QED) is 0.266. The normalized spacial score (nSPS) is 13.8. The molecule has 1 aliphatic heterocycles. The zero-order valence-corrected chi connectivity index (χ0v) is 14.4. The Labute approximate surface area is 149 Å². The number of imide groups is 1. The minimum Gasteiger partial charge on any atom is -0.370 e. The van der Waals surface area contributed by atoms with E-state index in [0.717, 1.165) is 22.6 Å². The molecule has 0 radical (unpaired) electrons. The van der Waals surface area contributed by atoms with Gasteiger partial charge in [0.15, 0.2) is 5.96 Å². The maximum Gasteiger partial charge on any atom is 0.337 e. The van der Waals surface area contributed by atoms with Gasteiger partial charge in [-0.3, -0.25) is 15.0 Å². The van der Waals surface area contributed by atoms with Crippen LogP contribution in [0.15, 0.2) is 24.3 Å². The van der Waals surface area contributed by atoms with Gasteiger partial charge >= 0.3 is 5.97 Å². The highest BCUT2D eigenvalue weighted by Gasteiger charge is 2.32. The zero-order chi connectivity index (χ0) is 18.2. The molecule has 0 atom stereocenters. The van der Waals surface area contributed by atoms with Crippen molar-refractivity contribution in [1.82, 2.24) is 10.4 Å². The Kier molecular flexibility index (Phi) is 6.81. The molecule has 25 heavy (non-hydrogen) atoms. The molecule has 0 bridgehead atoms. The second-order valence-electron chi connectivity index (χ2n) is 5.43. The molecule has 0 saturated carbocycles. The van der Waals surface area contributed by atoms with Crippen molar-refractivity contribution in [3.05, 3.63) is 35.4 Å². The molecule has 1 fully saturated rings. The van der Waals surface area contributed by atoms with Gasteiger partial charge in [-0.1, -0.05) is 24.3 Å². The molecule has 0 aliphatic carbocycles. The first-order valence-electron chi connectivity index (χ1n) is 7.75. The van der Waals surface area contributed by atoms with Crippen LogP contribution in [-0.4, -0.2) is 41.1 Å². The molecule has 1 heterocycles. The van der Waals surface area contributed by atoms with E-state index in [1.54, 1.807) is 11.8 Å². The minimum absolute atomic E-state index is 0.00693. The van der Waals surface area contributed by atoms with E-state index in [4.69, 9.17) is 16.0 Å². The van der Waals surface area contributed by atoms with E-state index in [9.17, 15) is 14.4 Å². The molecular weight excluding hydrogens is 344 g/mol. The number of hydrogen-bond donors (Lipinski definition) is 3. The summed E-state index contributed by atoms with van der Waals surface area (Å²) >= 11 is 1.70. The van der Waals surface area contributed by atoms with Crippen LogP contribution in [0.4, 0.5) is 0 Å². The van der Waals surface area contributed by atoms with Crippen molar-refractivity contribution in [2.75, 3.05) is 12.3 Å². The topological polar surface area (TPSA) is 126 Å². The molecule has 2 amide bonds. The number of rotatable bonds is 8. The number of benzene rings is 1. The lowest BCUT2D eigenvalue weighted by Gasteiger charge is -2.12. The molecule has 0 unspecified atom stereocenters. The van der Waals surface area contributed by atoms with E-state index in [-0.39, 0.29) is 25.2 Å². The summed E-state index contributed by atoms with van der Waals surface area (Å²) in [7, 11) is 0. The van der Waals surface area contributed by atoms with Gasteiger partial charge in [-0.2, -0.15) is 11.8 Å². The molecule has 134 valence electrons. The highest BCUT2D eigenvalue weighted by molar-refractivity contribution is 7.98. The van der Waals surface area contributed by atoms with Crippen LogP contribution in [0.25, 0.3) is 0 Å². The number of carbonyl (C=O) groups is 3. The van der Waals surface area contributed by atoms with Crippen LogP contribution in [0, 0.1) is 5.41 Å². The summed E-state index contributed by atoms with van der Waals surface area (Å²) in [5.74, 6) is -0.00251. The SMILES string of the molecule is N=C(N)NCCSCc1ccc(CC(=O)ON2C(=O)CCC2=O)cc1. The third kappa shape index (κ3) is 6.11. The summed E-state index contributed by atoms with van der Waals surface area (Å²) in [6.07, 6.45) is 0.161. The van der Waals surface area contributed by atoms with Gasteiger partial charge in [-0.25, -0.2) is 4.79 Å². The minimum atomic E-state index is -0.638. The number of hydrogen-bond acceptors (Lipinski definition) is 6. The van der Waals surface area contributed by atoms with Crippen LogP contribution in [0.5, 0.6) is 0 Å². The van der Waals surface area contributed by atoms with Crippen LogP contribution in [0.2, 0.25) is 0 Å². The Hall–Kier alpha value is -2.55. The Morgan fingerprint density at radius 2 is 1.80 bits per heavy atom. The number of hydroxylamine groups is 2. The second kappa shape index (κ2) is 9.07. The van der Waals surface area contributed by atoms with Gasteiger partial charge in [0, 0.05) is 30.9 Å². The first-order valence-corrected chi connectivity index (χ1v) is 8.91. The van der Waals surface area contributed by atoms with Crippen molar-refractivity contribution in [2.24, 2.45) is 5.73 Å². The van der Waals surface area contributed by atoms with Crippen molar-refractivity contribution in [3.63, 3.8) is 0 Å². The van der Waals surface area contributed by atoms with E-state index in [1.165, 1.54) is 0 Å². The van der Waals surface area contributed by atoms with Crippen molar-refractivity contribution in [2.45, 2.75) is 25.0 Å². The first-order chi connectivity index (χ1) is 12.0. The van der Waals surface area contributed by atoms with E-state index in [0.29, 0.717) is 11.6 Å². The fraction of sp³-hybridized carbons (Fsp3) is 0.375. The largest absolute Gasteiger partial charge is 0.370 e. The van der Waals surface area contributed by atoms with Crippen LogP contribution in [-0.2, 0) is 31.4 Å². The Morgan fingerprint density at radius 1 is 1.20 bits per heavy atom. The standard InChI is InChI=1S/C16H20N4O4S/c17-16(18)19-7-8-25-10-12-3-1-11(2-4-12)9-15(23)24-20-13(21)5-6-14(20)22/h1-4H,5-10H2,(H4,17,18,19). The van der Waals surface area contributed by atoms with Gasteiger partial charge in [-0.05, 0) is 11.1 Å². The molecule has 1 aromatic carbocycles. The summed E-state index contributed by atoms with van der Waals surface area (Å²) in [6, 6.07) is 7.47. The van der Waals surface area contributed by atoms with Gasteiger partial charge in [0.1, 0.15) is 0 Å². The van der Waals surface area contributed by atoms with E-state index in [2.05, 4.69) is 5.32 Å². The smallest absolute Gasteiger partial charge is 0.337 e. The van der Waals surface area contributed by atoms with E-state index in [1.807, 2.05) is 24.3 Å². The van der Waals surface area contributed by atoms with Crippen LogP contribution < -0.4 is 11.1 Å². The molecular formula is C16H20N4O4S. The predicted octanol–water partition coefficient (Wildman–Crippen LogP) is 0.553. The van der Waals surface area contributed by atoms with Gasteiger partial charge in [0.05, 0.1) is 6.42 Å². The van der Waals surface area contributed by atoms with Gasteiger partial charge in [-0.15, -0.1) is 5.06 Å². The molecule has 1 aromatic rings. The summed E-state index contributed by atoms with van der Waals surface area (Å²) in [5.41, 5.74) is 7.05. The molecule has 9 heteroatoms. The zero-order valence-electron chi connectivity index (χ0n) is 13.6. The first kappa shape index (κ1) is 18.8. The Morgan fingerprint density at radius 3 is 2.40 bits per heavy atom. The van der Waals surface area contributed by atoms with Crippen molar-refractivity contribution in [3.8, 4) is 0 Å². The maximum absolute atomic E-state index is 11.8. The molecule has 4 N–H and O–H groups in total. The molecule has 1 saturated heterocycles. The number of nitrogens with one attached hydrogen (secondary N) is 2. The molecule has 0 aromatic heterocycles. The number of guanidine groups is 1. The molecule has 8 nitrogen and oxygen atoms in total. The average molecular weight is 364 g/mol. The fourth-order valence-corrected chi connectivity index (χ4v) is 2.98. The predicted molar refractivity (Wildman–Crippen MR) is 93.4 cm³/mol. The Balaban J connectivity index is 1.74. The van der Waals surface area contributed by atoms with Crippen LogP contribution in [0.1, 0.15) is 24.0 Å². The average Bonchev–Trinajstić information content (AvgIpc) is 2.87. The monoisotopic (exact) mass is 364 g/mol. The molecule has 0 spiro atoms. The molecule has 2 rings (SSSR count). The number of amides is 2. The number of nitrogens with two attached hydrogens (primary N) is 1. The van der Waals surface area contributed by atoms with Crippen LogP contribution >= 0.6 is 11.8 Å². The van der Waals surface area contributed by atoms with Crippen molar-refractivity contribution < 1.29 is 19.2 Å².